The first-order valence-corrected chi connectivity index (χ1v) is 11.6. The van der Waals surface area contributed by atoms with Crippen molar-refractivity contribution in [3.8, 4) is 5.75 Å². The molecule has 1 saturated carbocycles. The molecule has 2 aromatic carbocycles. The van der Waals surface area contributed by atoms with Crippen LogP contribution in [0.4, 0.5) is 0 Å². The van der Waals surface area contributed by atoms with Crippen LogP contribution in [0.15, 0.2) is 36.4 Å². The smallest absolute Gasteiger partial charge is 0.269 e. The van der Waals surface area contributed by atoms with Crippen LogP contribution in [0.25, 0.3) is 11.0 Å². The van der Waals surface area contributed by atoms with Crippen LogP contribution in [0, 0.1) is 19.3 Å². The highest BCUT2D eigenvalue weighted by atomic mass is 16.5. The van der Waals surface area contributed by atoms with Gasteiger partial charge >= 0.3 is 0 Å². The Morgan fingerprint density at radius 2 is 1.47 bits per heavy atom. The van der Waals surface area contributed by atoms with Gasteiger partial charge in [0.2, 0.25) is 0 Å². The molecule has 2 N–H and O–H groups in total. The number of rotatable bonds is 3. The van der Waals surface area contributed by atoms with Gasteiger partial charge in [0.25, 0.3) is 11.8 Å². The summed E-state index contributed by atoms with van der Waals surface area (Å²) in [7, 11) is 1.57. The number of nitrogens with one attached hydrogen (secondary N) is 2. The Balaban J connectivity index is 1.51. The third-order valence-corrected chi connectivity index (χ3v) is 8.68. The van der Waals surface area contributed by atoms with Gasteiger partial charge in [-0.15, -0.1) is 0 Å². The summed E-state index contributed by atoms with van der Waals surface area (Å²) in [5.74, 6) is 0.0180. The minimum atomic E-state index is -0.885. The zero-order valence-electron chi connectivity index (χ0n) is 20.5. The number of hydrazine groups is 1. The number of carbonyl (C=O) groups excluding carboxylic acids is 2. The van der Waals surface area contributed by atoms with E-state index in [1.54, 1.807) is 31.4 Å². The topological polar surface area (TPSA) is 93.2 Å². The van der Waals surface area contributed by atoms with Gasteiger partial charge < -0.3 is 4.74 Å². The van der Waals surface area contributed by atoms with Crippen molar-refractivity contribution >= 4 is 22.8 Å². The van der Waals surface area contributed by atoms with Gasteiger partial charge in [0, 0.05) is 11.0 Å². The molecule has 34 heavy (non-hydrogen) atoms. The molecule has 2 aliphatic carbocycles. The Hall–Kier alpha value is -3.48. The molecule has 1 heterocycles. The van der Waals surface area contributed by atoms with Gasteiger partial charge in [-0.3, -0.25) is 20.4 Å². The highest BCUT2D eigenvalue weighted by Crippen LogP contribution is 2.70. The second kappa shape index (κ2) is 7.26. The molecule has 176 valence electrons. The van der Waals surface area contributed by atoms with Crippen molar-refractivity contribution < 1.29 is 14.3 Å². The third kappa shape index (κ3) is 2.76. The summed E-state index contributed by atoms with van der Waals surface area (Å²) in [6.45, 7) is 10.6. The van der Waals surface area contributed by atoms with Crippen molar-refractivity contribution in [2.24, 2.45) is 5.41 Å². The standard InChI is InChI=1S/C27H30N4O3/c1-15-13-19-20(14-16(15)2)29-22-21(28-19)26(5)11-12-27(22,25(26,3)4)24(33)31-30-23(32)17-7-9-18(34-6)10-8-17/h7-10,13-14H,11-12H2,1-6H3,(H,30,32)(H,31,33). The van der Waals surface area contributed by atoms with Gasteiger partial charge in [-0.05, 0) is 79.6 Å². The molecule has 3 aromatic rings. The average molecular weight is 459 g/mol. The first-order valence-electron chi connectivity index (χ1n) is 11.6. The van der Waals surface area contributed by atoms with Crippen LogP contribution in [0.2, 0.25) is 0 Å². The number of fused-ring (bicyclic) bond motifs is 6. The average Bonchev–Trinajstić information content (AvgIpc) is 3.11. The fourth-order valence-electron chi connectivity index (χ4n) is 5.90. The summed E-state index contributed by atoms with van der Waals surface area (Å²) < 4.78 is 5.14. The Morgan fingerprint density at radius 1 is 0.882 bits per heavy atom. The molecule has 0 aliphatic heterocycles. The number of aromatic nitrogens is 2. The minimum Gasteiger partial charge on any atom is -0.497 e. The molecule has 5 rings (SSSR count). The van der Waals surface area contributed by atoms with Crippen LogP contribution in [0.3, 0.4) is 0 Å². The van der Waals surface area contributed by atoms with E-state index in [1.165, 1.54) is 5.56 Å². The van der Waals surface area contributed by atoms with Crippen molar-refractivity contribution in [2.45, 2.75) is 58.3 Å². The maximum absolute atomic E-state index is 13.8. The minimum absolute atomic E-state index is 0.251. The lowest BCUT2D eigenvalue weighted by molar-refractivity contribution is -0.131. The highest BCUT2D eigenvalue weighted by Gasteiger charge is 2.73. The first-order chi connectivity index (χ1) is 16.0. The molecule has 2 unspecified atom stereocenters. The molecular formula is C27H30N4O3. The molecule has 2 atom stereocenters. The molecule has 2 aliphatic rings. The summed E-state index contributed by atoms with van der Waals surface area (Å²) in [6, 6.07) is 10.8. The molecule has 2 amide bonds. The number of amides is 2. The number of hydrogen-bond donors (Lipinski definition) is 2. The number of carbonyl (C=O) groups is 2. The van der Waals surface area contributed by atoms with E-state index in [2.05, 4.69) is 51.5 Å². The second-order valence-electron chi connectivity index (χ2n) is 10.3. The third-order valence-electron chi connectivity index (χ3n) is 8.68. The number of aryl methyl sites for hydroxylation is 2. The van der Waals surface area contributed by atoms with Crippen LogP contribution in [-0.4, -0.2) is 28.9 Å². The van der Waals surface area contributed by atoms with Gasteiger partial charge in [0.1, 0.15) is 11.2 Å². The predicted octanol–water partition coefficient (Wildman–Crippen LogP) is 4.05. The van der Waals surface area contributed by atoms with E-state index in [1.807, 2.05) is 6.07 Å². The summed E-state index contributed by atoms with van der Waals surface area (Å²) >= 11 is 0. The molecule has 0 radical (unpaired) electrons. The molecule has 7 nitrogen and oxygen atoms in total. The summed E-state index contributed by atoms with van der Waals surface area (Å²) in [6.07, 6.45) is 1.48. The van der Waals surface area contributed by atoms with Crippen LogP contribution >= 0.6 is 0 Å². The van der Waals surface area contributed by atoms with Crippen LogP contribution in [0.1, 0.15) is 66.5 Å². The molecular weight excluding hydrogens is 428 g/mol. The SMILES string of the molecule is COc1ccc(C(=O)NNC(=O)C23CCC(C)(c4nc5cc(C)c(C)cc5nc42)C3(C)C)cc1. The quantitative estimate of drug-likeness (QED) is 0.578. The van der Waals surface area contributed by atoms with Gasteiger partial charge in [0.05, 0.1) is 29.5 Å². The molecule has 2 bridgehead atoms. The largest absolute Gasteiger partial charge is 0.497 e. The zero-order chi connectivity index (χ0) is 24.5. The van der Waals surface area contributed by atoms with Gasteiger partial charge in [0.15, 0.2) is 0 Å². The van der Waals surface area contributed by atoms with E-state index in [-0.39, 0.29) is 17.2 Å². The zero-order valence-corrected chi connectivity index (χ0v) is 20.5. The predicted molar refractivity (Wildman–Crippen MR) is 130 cm³/mol. The molecule has 0 saturated heterocycles. The second-order valence-corrected chi connectivity index (χ2v) is 10.3. The van der Waals surface area contributed by atoms with Crippen molar-refractivity contribution in [1.82, 2.24) is 20.8 Å². The highest BCUT2D eigenvalue weighted by molar-refractivity contribution is 5.98. The number of ether oxygens (including phenoxy) is 1. The fraction of sp³-hybridized carbons (Fsp3) is 0.407. The van der Waals surface area contributed by atoms with Crippen molar-refractivity contribution in [3.63, 3.8) is 0 Å². The monoisotopic (exact) mass is 458 g/mol. The van der Waals surface area contributed by atoms with Crippen LogP contribution in [0.5, 0.6) is 5.75 Å². The van der Waals surface area contributed by atoms with E-state index in [0.717, 1.165) is 34.4 Å². The number of hydrogen-bond acceptors (Lipinski definition) is 5. The molecule has 1 fully saturated rings. The summed E-state index contributed by atoms with van der Waals surface area (Å²) in [5, 5.41) is 0. The van der Waals surface area contributed by atoms with E-state index in [9.17, 15) is 9.59 Å². The maximum Gasteiger partial charge on any atom is 0.269 e. The van der Waals surface area contributed by atoms with Gasteiger partial charge in [-0.2, -0.15) is 0 Å². The first kappa shape index (κ1) is 22.3. The van der Waals surface area contributed by atoms with Crippen molar-refractivity contribution in [2.75, 3.05) is 7.11 Å². The lowest BCUT2D eigenvalue weighted by atomic mass is 9.63. The summed E-state index contributed by atoms with van der Waals surface area (Å²) in [4.78, 5) is 36.6. The Bertz CT molecular complexity index is 1350. The van der Waals surface area contributed by atoms with E-state index < -0.39 is 10.8 Å². The Kier molecular flexibility index (Phi) is 4.76. The lowest BCUT2D eigenvalue weighted by Crippen LogP contribution is -2.55. The van der Waals surface area contributed by atoms with Crippen LogP contribution in [-0.2, 0) is 15.6 Å². The Labute approximate surface area is 199 Å². The molecule has 7 heteroatoms. The number of nitrogens with zero attached hydrogens (tertiary/aromatic N) is 2. The molecule has 0 spiro atoms. The Morgan fingerprint density at radius 3 is 2.06 bits per heavy atom. The maximum atomic E-state index is 13.8. The van der Waals surface area contributed by atoms with E-state index in [4.69, 9.17) is 14.7 Å². The number of benzene rings is 2. The van der Waals surface area contributed by atoms with E-state index >= 15 is 0 Å². The fourth-order valence-corrected chi connectivity index (χ4v) is 5.90. The molecule has 1 aromatic heterocycles. The van der Waals surface area contributed by atoms with E-state index in [0.29, 0.717) is 17.7 Å². The van der Waals surface area contributed by atoms with Crippen molar-refractivity contribution in [1.29, 1.82) is 0 Å². The lowest BCUT2D eigenvalue weighted by Gasteiger charge is -2.39. The summed E-state index contributed by atoms with van der Waals surface area (Å²) in [5.41, 5.74) is 9.73. The normalized spacial score (nSPS) is 24.1. The number of methoxy groups -OCH3 is 1. The van der Waals surface area contributed by atoms with Crippen LogP contribution < -0.4 is 15.6 Å². The van der Waals surface area contributed by atoms with Gasteiger partial charge in [-0.25, -0.2) is 9.97 Å². The van der Waals surface area contributed by atoms with Gasteiger partial charge in [-0.1, -0.05) is 20.8 Å². The van der Waals surface area contributed by atoms with Crippen molar-refractivity contribution in [3.05, 3.63) is 64.5 Å².